The predicted molar refractivity (Wildman–Crippen MR) is 83.7 cm³/mol. The minimum Gasteiger partial charge on any atom is -0.313 e. The molecule has 0 aromatic heterocycles. The molecule has 0 saturated carbocycles. The minimum absolute atomic E-state index is 0.378. The van der Waals surface area contributed by atoms with Crippen LogP contribution in [0.5, 0.6) is 0 Å². The molecule has 0 aliphatic heterocycles. The fraction of sp³-hybridized carbons (Fsp3) is 0.600. The van der Waals surface area contributed by atoms with Crippen molar-refractivity contribution in [2.24, 2.45) is 0 Å². The molecule has 0 aliphatic carbocycles. The number of benzene rings is 1. The second-order valence-corrected chi connectivity index (χ2v) is 6.99. The van der Waals surface area contributed by atoms with Crippen molar-refractivity contribution in [3.8, 4) is 0 Å². The number of hydrogen-bond donors (Lipinski definition) is 1. The highest BCUT2D eigenvalue weighted by molar-refractivity contribution is 7.90. The number of rotatable bonds is 9. The fourth-order valence-electron chi connectivity index (χ4n) is 2.05. The quantitative estimate of drug-likeness (QED) is 0.708. The van der Waals surface area contributed by atoms with E-state index in [0.29, 0.717) is 4.90 Å². The monoisotopic (exact) mass is 298 g/mol. The second-order valence-electron chi connectivity index (χ2n) is 4.97. The Balaban J connectivity index is 2.29. The second kappa shape index (κ2) is 8.39. The summed E-state index contributed by atoms with van der Waals surface area (Å²) in [6.45, 7) is 9.44. The molecule has 1 aromatic rings. The highest BCUT2D eigenvalue weighted by Gasteiger charge is 2.05. The van der Waals surface area contributed by atoms with Gasteiger partial charge in [0.1, 0.15) is 0 Å². The van der Waals surface area contributed by atoms with E-state index in [9.17, 15) is 8.42 Å². The fourth-order valence-corrected chi connectivity index (χ4v) is 2.69. The molecule has 0 atom stereocenters. The number of nitrogens with one attached hydrogen (secondary N) is 1. The van der Waals surface area contributed by atoms with Gasteiger partial charge in [-0.3, -0.25) is 0 Å². The zero-order valence-corrected chi connectivity index (χ0v) is 13.5. The summed E-state index contributed by atoms with van der Waals surface area (Å²) in [5.41, 5.74) is 1.11. The van der Waals surface area contributed by atoms with Gasteiger partial charge in [0, 0.05) is 12.8 Å². The first kappa shape index (κ1) is 17.1. The third-order valence-electron chi connectivity index (χ3n) is 3.40. The van der Waals surface area contributed by atoms with Crippen LogP contribution in [0.15, 0.2) is 29.2 Å². The van der Waals surface area contributed by atoms with E-state index in [1.165, 1.54) is 6.26 Å². The zero-order chi connectivity index (χ0) is 15.0. The van der Waals surface area contributed by atoms with E-state index < -0.39 is 9.84 Å². The van der Waals surface area contributed by atoms with Gasteiger partial charge >= 0.3 is 0 Å². The maximum absolute atomic E-state index is 11.3. The van der Waals surface area contributed by atoms with Crippen molar-refractivity contribution >= 4 is 9.84 Å². The Morgan fingerprint density at radius 3 is 2.20 bits per heavy atom. The van der Waals surface area contributed by atoms with Crippen LogP contribution < -0.4 is 5.32 Å². The molecule has 0 aliphatic rings. The molecule has 0 saturated heterocycles. The van der Waals surface area contributed by atoms with Crippen molar-refractivity contribution in [3.63, 3.8) is 0 Å². The highest BCUT2D eigenvalue weighted by Crippen LogP contribution is 2.10. The summed E-state index contributed by atoms with van der Waals surface area (Å²) < 4.78 is 22.7. The van der Waals surface area contributed by atoms with Crippen LogP contribution in [0.2, 0.25) is 0 Å². The standard InChI is InChI=1S/C15H26N2O2S/c1-4-17(5-2)12-6-11-16-13-14-7-9-15(10-8-14)20(3,18)19/h7-10,16H,4-6,11-13H2,1-3H3. The van der Waals surface area contributed by atoms with Crippen LogP contribution in [0, 0.1) is 0 Å². The summed E-state index contributed by atoms with van der Waals surface area (Å²) in [6.07, 6.45) is 2.36. The third-order valence-corrected chi connectivity index (χ3v) is 4.53. The van der Waals surface area contributed by atoms with Crippen LogP contribution in [-0.2, 0) is 16.4 Å². The SMILES string of the molecule is CCN(CC)CCCNCc1ccc(S(C)(=O)=O)cc1. The van der Waals surface area contributed by atoms with Gasteiger partial charge < -0.3 is 10.2 Å². The Morgan fingerprint density at radius 1 is 1.10 bits per heavy atom. The average molecular weight is 298 g/mol. The van der Waals surface area contributed by atoms with E-state index in [-0.39, 0.29) is 0 Å². The Hall–Kier alpha value is -0.910. The third kappa shape index (κ3) is 6.03. The molecule has 0 radical (unpaired) electrons. The summed E-state index contributed by atoms with van der Waals surface area (Å²) in [5.74, 6) is 0. The Bertz CT molecular complexity index is 479. The van der Waals surface area contributed by atoms with Crippen LogP contribution in [0.4, 0.5) is 0 Å². The van der Waals surface area contributed by atoms with Crippen LogP contribution >= 0.6 is 0 Å². The molecule has 0 fully saturated rings. The maximum atomic E-state index is 11.3. The Labute approximate surface area is 123 Å². The van der Waals surface area contributed by atoms with Crippen LogP contribution in [0.25, 0.3) is 0 Å². The maximum Gasteiger partial charge on any atom is 0.175 e. The molecule has 0 spiro atoms. The summed E-state index contributed by atoms with van der Waals surface area (Å²) in [6, 6.07) is 7.08. The molecule has 1 N–H and O–H groups in total. The van der Waals surface area contributed by atoms with Crippen molar-refractivity contribution in [3.05, 3.63) is 29.8 Å². The normalized spacial score (nSPS) is 12.0. The molecule has 0 heterocycles. The summed E-state index contributed by atoms with van der Waals surface area (Å²) in [7, 11) is -3.09. The smallest absolute Gasteiger partial charge is 0.175 e. The lowest BCUT2D eigenvalue weighted by atomic mass is 10.2. The van der Waals surface area contributed by atoms with E-state index in [4.69, 9.17) is 0 Å². The summed E-state index contributed by atoms with van der Waals surface area (Å²) in [4.78, 5) is 2.78. The number of sulfone groups is 1. The Kier molecular flexibility index (Phi) is 7.19. The molecule has 114 valence electrons. The van der Waals surface area contributed by atoms with Gasteiger partial charge in [-0.25, -0.2) is 8.42 Å². The molecular formula is C15H26N2O2S. The molecule has 4 nitrogen and oxygen atoms in total. The first-order valence-electron chi connectivity index (χ1n) is 7.19. The lowest BCUT2D eigenvalue weighted by Gasteiger charge is -2.17. The van der Waals surface area contributed by atoms with Crippen molar-refractivity contribution in [2.45, 2.75) is 31.7 Å². The molecule has 0 unspecified atom stereocenters. The molecular weight excluding hydrogens is 272 g/mol. The largest absolute Gasteiger partial charge is 0.313 e. The first-order valence-corrected chi connectivity index (χ1v) is 9.08. The van der Waals surface area contributed by atoms with Gasteiger partial charge in [0.25, 0.3) is 0 Å². The predicted octanol–water partition coefficient (Wildman–Crippen LogP) is 1.91. The van der Waals surface area contributed by atoms with E-state index in [1.807, 2.05) is 12.1 Å². The van der Waals surface area contributed by atoms with E-state index in [0.717, 1.165) is 44.7 Å². The summed E-state index contributed by atoms with van der Waals surface area (Å²) >= 11 is 0. The number of nitrogens with zero attached hydrogens (tertiary/aromatic N) is 1. The lowest BCUT2D eigenvalue weighted by Crippen LogP contribution is -2.27. The topological polar surface area (TPSA) is 49.4 Å². The van der Waals surface area contributed by atoms with Crippen LogP contribution in [0.3, 0.4) is 0 Å². The van der Waals surface area contributed by atoms with Gasteiger partial charge in [-0.2, -0.15) is 0 Å². The Morgan fingerprint density at radius 2 is 1.70 bits per heavy atom. The van der Waals surface area contributed by atoms with Crippen LogP contribution in [0.1, 0.15) is 25.8 Å². The minimum atomic E-state index is -3.09. The van der Waals surface area contributed by atoms with Gasteiger partial charge in [-0.1, -0.05) is 26.0 Å². The molecule has 5 heteroatoms. The van der Waals surface area contributed by atoms with Crippen molar-refractivity contribution in [1.29, 1.82) is 0 Å². The number of hydrogen-bond acceptors (Lipinski definition) is 4. The average Bonchev–Trinajstić information content (AvgIpc) is 2.42. The van der Waals surface area contributed by atoms with Gasteiger partial charge in [0.2, 0.25) is 0 Å². The van der Waals surface area contributed by atoms with E-state index in [1.54, 1.807) is 12.1 Å². The highest BCUT2D eigenvalue weighted by atomic mass is 32.2. The molecule has 1 aromatic carbocycles. The van der Waals surface area contributed by atoms with E-state index >= 15 is 0 Å². The van der Waals surface area contributed by atoms with Gasteiger partial charge in [-0.05, 0) is 50.3 Å². The molecule has 0 amide bonds. The zero-order valence-electron chi connectivity index (χ0n) is 12.7. The van der Waals surface area contributed by atoms with Crippen molar-refractivity contribution in [1.82, 2.24) is 10.2 Å². The van der Waals surface area contributed by atoms with Crippen molar-refractivity contribution < 1.29 is 8.42 Å². The van der Waals surface area contributed by atoms with Gasteiger partial charge in [-0.15, -0.1) is 0 Å². The van der Waals surface area contributed by atoms with Gasteiger partial charge in [0.15, 0.2) is 9.84 Å². The molecule has 0 bridgehead atoms. The lowest BCUT2D eigenvalue weighted by molar-refractivity contribution is 0.298. The van der Waals surface area contributed by atoms with Crippen LogP contribution in [-0.4, -0.2) is 45.8 Å². The summed E-state index contributed by atoms with van der Waals surface area (Å²) in [5, 5.41) is 3.39. The molecule has 1 rings (SSSR count). The first-order chi connectivity index (χ1) is 9.47. The molecule has 20 heavy (non-hydrogen) atoms. The van der Waals surface area contributed by atoms with Gasteiger partial charge in [0.05, 0.1) is 4.90 Å². The van der Waals surface area contributed by atoms with Crippen molar-refractivity contribution in [2.75, 3.05) is 32.4 Å². The van der Waals surface area contributed by atoms with E-state index in [2.05, 4.69) is 24.1 Å².